The Morgan fingerprint density at radius 1 is 1.29 bits per heavy atom. The normalized spacial score (nSPS) is 10.2. The highest BCUT2D eigenvalue weighted by Gasteiger charge is 2.14. The number of halogens is 2. The van der Waals surface area contributed by atoms with Crippen LogP contribution in [0.5, 0.6) is 0 Å². The highest BCUT2D eigenvalue weighted by atomic mass is 35.5. The molecule has 0 spiro atoms. The van der Waals surface area contributed by atoms with Crippen LogP contribution in [0.4, 0.5) is 16.3 Å². The van der Waals surface area contributed by atoms with Crippen molar-refractivity contribution in [2.45, 2.75) is 0 Å². The lowest BCUT2D eigenvalue weighted by molar-refractivity contribution is 0.262. The van der Waals surface area contributed by atoms with Gasteiger partial charge in [0.1, 0.15) is 10.8 Å². The summed E-state index contributed by atoms with van der Waals surface area (Å²) in [6.07, 6.45) is 1.48. The second-order valence-electron chi connectivity index (χ2n) is 4.13. The first-order chi connectivity index (χ1) is 9.86. The average Bonchev–Trinajstić information content (AvgIpc) is 2.69. The molecule has 2 rings (SSSR count). The molecule has 0 saturated heterocycles. The smallest absolute Gasteiger partial charge is 0.324 e. The van der Waals surface area contributed by atoms with Crippen molar-refractivity contribution in [1.82, 2.24) is 9.78 Å². The molecule has 0 aliphatic heterocycles. The fourth-order valence-electron chi connectivity index (χ4n) is 1.66. The maximum absolute atomic E-state index is 12.0. The van der Waals surface area contributed by atoms with Crippen molar-refractivity contribution in [3.05, 3.63) is 40.0 Å². The molecule has 1 aromatic heterocycles. The Balaban J connectivity index is 2.15. The Kier molecular flexibility index (Phi) is 4.66. The third kappa shape index (κ3) is 3.84. The first kappa shape index (κ1) is 15.6. The van der Waals surface area contributed by atoms with E-state index in [4.69, 9.17) is 41.2 Å². The van der Waals surface area contributed by atoms with E-state index in [0.29, 0.717) is 27.1 Å². The van der Waals surface area contributed by atoms with Gasteiger partial charge in [-0.15, -0.1) is 0 Å². The third-order valence-electron chi connectivity index (χ3n) is 2.56. The van der Waals surface area contributed by atoms with Crippen LogP contribution in [0.15, 0.2) is 24.4 Å². The summed E-state index contributed by atoms with van der Waals surface area (Å²) in [7, 11) is 1.66. The van der Waals surface area contributed by atoms with E-state index in [2.05, 4.69) is 15.7 Å². The molecule has 0 unspecified atom stereocenters. The highest BCUT2D eigenvalue weighted by molar-refractivity contribution is 7.80. The number of hydrogen-bond donors (Lipinski definition) is 3. The molecule has 2 aromatic rings. The van der Waals surface area contributed by atoms with Gasteiger partial charge in [0.25, 0.3) is 0 Å². The number of rotatable bonds is 3. The molecule has 9 heteroatoms. The number of nitrogens with zero attached hydrogens (tertiary/aromatic N) is 2. The van der Waals surface area contributed by atoms with Crippen LogP contribution >= 0.6 is 35.4 Å². The van der Waals surface area contributed by atoms with Gasteiger partial charge in [0.05, 0.1) is 11.8 Å². The monoisotopic (exact) mass is 343 g/mol. The van der Waals surface area contributed by atoms with E-state index >= 15 is 0 Å². The van der Waals surface area contributed by atoms with Crippen molar-refractivity contribution >= 4 is 57.9 Å². The van der Waals surface area contributed by atoms with Crippen LogP contribution in [0.3, 0.4) is 0 Å². The summed E-state index contributed by atoms with van der Waals surface area (Å²) in [5.74, 6) is 0.396. The molecule has 6 nitrogen and oxygen atoms in total. The number of carbonyl (C=O) groups is 1. The summed E-state index contributed by atoms with van der Waals surface area (Å²) in [6.45, 7) is 0. The fourth-order valence-corrected chi connectivity index (χ4v) is 2.34. The largest absolute Gasteiger partial charge is 0.389 e. The van der Waals surface area contributed by atoms with E-state index in [-0.39, 0.29) is 4.99 Å². The van der Waals surface area contributed by atoms with Crippen LogP contribution in [0.2, 0.25) is 10.0 Å². The summed E-state index contributed by atoms with van der Waals surface area (Å²) in [5.41, 5.74) is 6.51. The third-order valence-corrected chi connectivity index (χ3v) is 3.21. The van der Waals surface area contributed by atoms with Gasteiger partial charge in [-0.25, -0.2) is 4.79 Å². The first-order valence-corrected chi connectivity index (χ1v) is 6.89. The van der Waals surface area contributed by atoms with Crippen molar-refractivity contribution in [3.63, 3.8) is 0 Å². The molecule has 0 radical (unpaired) electrons. The number of nitrogens with one attached hydrogen (secondary N) is 2. The molecule has 0 aliphatic rings. The van der Waals surface area contributed by atoms with Crippen LogP contribution in [0.25, 0.3) is 0 Å². The molecule has 0 bridgehead atoms. The van der Waals surface area contributed by atoms with Crippen molar-refractivity contribution < 1.29 is 4.79 Å². The van der Waals surface area contributed by atoms with Crippen molar-refractivity contribution in [1.29, 1.82) is 0 Å². The molecule has 4 N–H and O–H groups in total. The van der Waals surface area contributed by atoms with Crippen LogP contribution in [0.1, 0.15) is 5.56 Å². The zero-order chi connectivity index (χ0) is 15.6. The van der Waals surface area contributed by atoms with E-state index < -0.39 is 6.03 Å². The molecule has 110 valence electrons. The van der Waals surface area contributed by atoms with Crippen LogP contribution < -0.4 is 16.4 Å². The molecular formula is C12H11Cl2N5OS. The number of benzene rings is 1. The maximum Gasteiger partial charge on any atom is 0.324 e. The van der Waals surface area contributed by atoms with E-state index in [0.717, 1.165) is 0 Å². The summed E-state index contributed by atoms with van der Waals surface area (Å²) >= 11 is 16.6. The number of anilines is 2. The Morgan fingerprint density at radius 2 is 1.90 bits per heavy atom. The SMILES string of the molecule is Cn1ncc(C(N)=S)c1NC(=O)Nc1cc(Cl)cc(Cl)c1. The van der Waals surface area contributed by atoms with Gasteiger partial charge in [-0.05, 0) is 18.2 Å². The van der Waals surface area contributed by atoms with Crippen molar-refractivity contribution in [2.75, 3.05) is 10.6 Å². The molecular weight excluding hydrogens is 333 g/mol. The number of urea groups is 1. The molecule has 0 atom stereocenters. The van der Waals surface area contributed by atoms with Crippen LogP contribution in [-0.2, 0) is 7.05 Å². The Labute approximate surface area is 136 Å². The molecule has 1 aromatic carbocycles. The second kappa shape index (κ2) is 6.30. The average molecular weight is 344 g/mol. The standard InChI is InChI=1S/C12H11Cl2N5OS/c1-19-11(9(5-16-19)10(15)21)18-12(20)17-8-3-6(13)2-7(14)4-8/h2-5H,1H3,(H2,15,21)(H2,17,18,20). The lowest BCUT2D eigenvalue weighted by Gasteiger charge is -2.10. The minimum Gasteiger partial charge on any atom is -0.389 e. The summed E-state index contributed by atoms with van der Waals surface area (Å²) < 4.78 is 1.46. The number of nitrogens with two attached hydrogens (primary N) is 1. The van der Waals surface area contributed by atoms with Gasteiger partial charge < -0.3 is 11.1 Å². The number of aryl methyl sites for hydroxylation is 1. The molecule has 21 heavy (non-hydrogen) atoms. The van der Waals surface area contributed by atoms with Gasteiger partial charge >= 0.3 is 6.03 Å². The predicted molar refractivity (Wildman–Crippen MR) is 88.2 cm³/mol. The van der Waals surface area contributed by atoms with E-state index in [1.54, 1.807) is 25.2 Å². The number of amides is 2. The molecule has 0 aliphatic carbocycles. The van der Waals surface area contributed by atoms with Gasteiger partial charge in [0, 0.05) is 22.8 Å². The minimum atomic E-state index is -0.491. The highest BCUT2D eigenvalue weighted by Crippen LogP contribution is 2.22. The predicted octanol–water partition coefficient (Wildman–Crippen LogP) is 3.01. The van der Waals surface area contributed by atoms with Crippen LogP contribution in [0, 0.1) is 0 Å². The zero-order valence-corrected chi connectivity index (χ0v) is 13.2. The molecule has 1 heterocycles. The van der Waals surface area contributed by atoms with E-state index in [1.165, 1.54) is 10.9 Å². The zero-order valence-electron chi connectivity index (χ0n) is 10.9. The Morgan fingerprint density at radius 3 is 2.48 bits per heavy atom. The fraction of sp³-hybridized carbons (Fsp3) is 0.0833. The molecule has 2 amide bonds. The Bertz CT molecular complexity index is 695. The second-order valence-corrected chi connectivity index (χ2v) is 5.44. The minimum absolute atomic E-state index is 0.143. The van der Waals surface area contributed by atoms with Gasteiger partial charge in [-0.1, -0.05) is 35.4 Å². The van der Waals surface area contributed by atoms with E-state index in [1.807, 2.05) is 0 Å². The van der Waals surface area contributed by atoms with Crippen LogP contribution in [-0.4, -0.2) is 20.8 Å². The lowest BCUT2D eigenvalue weighted by Crippen LogP contribution is -2.23. The van der Waals surface area contributed by atoms with Gasteiger partial charge in [-0.3, -0.25) is 10.00 Å². The maximum atomic E-state index is 12.0. The summed E-state index contributed by atoms with van der Waals surface area (Å²) in [6, 6.07) is 4.22. The van der Waals surface area contributed by atoms with Gasteiger partial charge in [-0.2, -0.15) is 5.10 Å². The van der Waals surface area contributed by atoms with Crippen molar-refractivity contribution in [3.8, 4) is 0 Å². The van der Waals surface area contributed by atoms with Gasteiger partial charge in [0.2, 0.25) is 0 Å². The van der Waals surface area contributed by atoms with Crippen molar-refractivity contribution in [2.24, 2.45) is 12.8 Å². The quantitative estimate of drug-likeness (QED) is 0.748. The first-order valence-electron chi connectivity index (χ1n) is 5.72. The number of thiocarbonyl (C=S) groups is 1. The molecule has 0 saturated carbocycles. The van der Waals surface area contributed by atoms with E-state index in [9.17, 15) is 4.79 Å². The number of hydrogen-bond acceptors (Lipinski definition) is 3. The number of aromatic nitrogens is 2. The molecule has 0 fully saturated rings. The van der Waals surface area contributed by atoms with Gasteiger partial charge in [0.15, 0.2) is 0 Å². The Hall–Kier alpha value is -1.83. The summed E-state index contributed by atoms with van der Waals surface area (Å²) in [4.78, 5) is 12.1. The topological polar surface area (TPSA) is 85.0 Å². The summed E-state index contributed by atoms with van der Waals surface area (Å²) in [5, 5.41) is 10.1. The number of carbonyl (C=O) groups excluding carboxylic acids is 1. The lowest BCUT2D eigenvalue weighted by atomic mass is 10.3.